The summed E-state index contributed by atoms with van der Waals surface area (Å²) < 4.78 is 5.63. The van der Waals surface area contributed by atoms with Crippen molar-refractivity contribution in [2.24, 2.45) is 5.92 Å². The minimum atomic E-state index is -0.243. The van der Waals surface area contributed by atoms with Gasteiger partial charge in [-0.2, -0.15) is 5.26 Å². The molecule has 7 heteroatoms. The molecule has 0 aromatic heterocycles. The van der Waals surface area contributed by atoms with Gasteiger partial charge in [0.1, 0.15) is 12.2 Å². The molecule has 0 atom stereocenters. The van der Waals surface area contributed by atoms with E-state index in [1.54, 1.807) is 4.90 Å². The normalized spacial score (nSPS) is 14.6. The molecule has 1 aliphatic heterocycles. The van der Waals surface area contributed by atoms with Crippen LogP contribution in [0.15, 0.2) is 12.1 Å². The van der Waals surface area contributed by atoms with Crippen LogP contribution in [0.1, 0.15) is 30.4 Å². The molecule has 2 amide bonds. The van der Waals surface area contributed by atoms with Crippen LogP contribution in [0.3, 0.4) is 0 Å². The molecule has 1 aromatic carbocycles. The van der Waals surface area contributed by atoms with E-state index in [9.17, 15) is 9.59 Å². The molecule has 0 aliphatic carbocycles. The van der Waals surface area contributed by atoms with Gasteiger partial charge in [-0.25, -0.2) is 0 Å². The monoisotopic (exact) mass is 377 g/mol. The molecular formula is C19H24ClN3O3. The highest BCUT2D eigenvalue weighted by atomic mass is 35.5. The second-order valence-electron chi connectivity index (χ2n) is 6.62. The SMILES string of the molecule is Cc1cc(OCC(=O)N2CCC(CNC(=O)CC#N)CC2)cc(C)c1Cl. The van der Waals surface area contributed by atoms with E-state index in [0.29, 0.717) is 36.3 Å². The van der Waals surface area contributed by atoms with Gasteiger partial charge in [0.05, 0.1) is 6.07 Å². The average molecular weight is 378 g/mol. The van der Waals surface area contributed by atoms with Crippen LogP contribution in [0.25, 0.3) is 0 Å². The van der Waals surface area contributed by atoms with Gasteiger partial charge >= 0.3 is 0 Å². The highest BCUT2D eigenvalue weighted by molar-refractivity contribution is 6.32. The van der Waals surface area contributed by atoms with Crippen molar-refractivity contribution in [1.29, 1.82) is 5.26 Å². The lowest BCUT2D eigenvalue weighted by Gasteiger charge is -2.32. The highest BCUT2D eigenvalue weighted by Gasteiger charge is 2.23. The number of ether oxygens (including phenoxy) is 1. The van der Waals surface area contributed by atoms with E-state index in [0.717, 1.165) is 24.0 Å². The summed E-state index contributed by atoms with van der Waals surface area (Å²) in [6, 6.07) is 5.49. The lowest BCUT2D eigenvalue weighted by atomic mass is 9.96. The number of carbonyl (C=O) groups excluding carboxylic acids is 2. The van der Waals surface area contributed by atoms with E-state index in [1.165, 1.54) is 0 Å². The van der Waals surface area contributed by atoms with Crippen LogP contribution < -0.4 is 10.1 Å². The number of nitrogens with zero attached hydrogens (tertiary/aromatic N) is 2. The minimum absolute atomic E-state index is 0.00405. The summed E-state index contributed by atoms with van der Waals surface area (Å²) in [5.74, 6) is 0.701. The molecule has 1 aliphatic rings. The number of amides is 2. The first-order chi connectivity index (χ1) is 12.4. The molecular weight excluding hydrogens is 354 g/mol. The first kappa shape index (κ1) is 20.1. The Hall–Kier alpha value is -2.26. The molecule has 0 saturated carbocycles. The number of carbonyl (C=O) groups is 2. The maximum atomic E-state index is 12.3. The molecule has 2 rings (SSSR count). The first-order valence-corrected chi connectivity index (χ1v) is 9.09. The van der Waals surface area contributed by atoms with Crippen molar-refractivity contribution in [3.05, 3.63) is 28.3 Å². The van der Waals surface area contributed by atoms with Crippen molar-refractivity contribution in [3.63, 3.8) is 0 Å². The molecule has 26 heavy (non-hydrogen) atoms. The maximum absolute atomic E-state index is 12.3. The van der Waals surface area contributed by atoms with Gasteiger partial charge < -0.3 is 15.0 Å². The number of likely N-dealkylation sites (tertiary alicyclic amines) is 1. The van der Waals surface area contributed by atoms with Gasteiger partial charge in [0.15, 0.2) is 6.61 Å². The Balaban J connectivity index is 1.75. The third-order valence-electron chi connectivity index (χ3n) is 4.57. The number of nitriles is 1. The number of benzene rings is 1. The third kappa shape index (κ3) is 5.63. The predicted molar refractivity (Wildman–Crippen MR) is 99.0 cm³/mol. The molecule has 0 unspecified atom stereocenters. The van der Waals surface area contributed by atoms with Gasteiger partial charge in [-0.15, -0.1) is 0 Å². The van der Waals surface area contributed by atoms with E-state index in [-0.39, 0.29) is 24.8 Å². The van der Waals surface area contributed by atoms with Crippen LogP contribution in [0.4, 0.5) is 0 Å². The largest absolute Gasteiger partial charge is 0.484 e. The van der Waals surface area contributed by atoms with E-state index < -0.39 is 0 Å². The minimum Gasteiger partial charge on any atom is -0.484 e. The third-order valence-corrected chi connectivity index (χ3v) is 5.16. The zero-order chi connectivity index (χ0) is 19.1. The summed E-state index contributed by atoms with van der Waals surface area (Å²) in [5, 5.41) is 11.9. The topological polar surface area (TPSA) is 82.4 Å². The van der Waals surface area contributed by atoms with Crippen molar-refractivity contribution in [1.82, 2.24) is 10.2 Å². The quantitative estimate of drug-likeness (QED) is 0.826. The number of halogens is 1. The van der Waals surface area contributed by atoms with Crippen molar-refractivity contribution in [2.45, 2.75) is 33.1 Å². The van der Waals surface area contributed by atoms with Crippen LogP contribution >= 0.6 is 11.6 Å². The average Bonchev–Trinajstić information content (AvgIpc) is 2.63. The molecule has 0 radical (unpaired) electrons. The number of nitrogens with one attached hydrogen (secondary N) is 1. The molecule has 0 spiro atoms. The second-order valence-corrected chi connectivity index (χ2v) is 7.00. The molecule has 1 N–H and O–H groups in total. The van der Waals surface area contributed by atoms with Crippen LogP contribution in [0, 0.1) is 31.1 Å². The lowest BCUT2D eigenvalue weighted by molar-refractivity contribution is -0.135. The van der Waals surface area contributed by atoms with E-state index >= 15 is 0 Å². The predicted octanol–water partition coefficient (Wildman–Crippen LogP) is 2.60. The van der Waals surface area contributed by atoms with Gasteiger partial charge in [-0.3, -0.25) is 9.59 Å². The molecule has 0 bridgehead atoms. The highest BCUT2D eigenvalue weighted by Crippen LogP contribution is 2.26. The zero-order valence-electron chi connectivity index (χ0n) is 15.2. The molecule has 1 aromatic rings. The lowest BCUT2D eigenvalue weighted by Crippen LogP contribution is -2.43. The molecule has 1 fully saturated rings. The number of rotatable bonds is 6. The Kier molecular flexibility index (Phi) is 7.28. The fraction of sp³-hybridized carbons (Fsp3) is 0.526. The summed E-state index contributed by atoms with van der Waals surface area (Å²) in [6.45, 7) is 5.68. The van der Waals surface area contributed by atoms with Crippen LogP contribution in [0.5, 0.6) is 5.75 Å². The summed E-state index contributed by atoms with van der Waals surface area (Å²) in [5.41, 5.74) is 1.85. The molecule has 1 heterocycles. The Morgan fingerprint density at radius 3 is 2.50 bits per heavy atom. The molecule has 140 valence electrons. The first-order valence-electron chi connectivity index (χ1n) is 8.71. The van der Waals surface area contributed by atoms with E-state index in [2.05, 4.69) is 5.32 Å². The fourth-order valence-electron chi connectivity index (χ4n) is 3.00. The summed E-state index contributed by atoms with van der Waals surface area (Å²) in [6.07, 6.45) is 1.55. The Morgan fingerprint density at radius 1 is 1.31 bits per heavy atom. The Morgan fingerprint density at radius 2 is 1.92 bits per heavy atom. The van der Waals surface area contributed by atoms with Crippen molar-refractivity contribution in [2.75, 3.05) is 26.2 Å². The smallest absolute Gasteiger partial charge is 0.260 e. The number of piperidine rings is 1. The zero-order valence-corrected chi connectivity index (χ0v) is 15.9. The molecule has 1 saturated heterocycles. The van der Waals surface area contributed by atoms with Crippen LogP contribution in [-0.2, 0) is 9.59 Å². The van der Waals surface area contributed by atoms with Gasteiger partial charge in [0.2, 0.25) is 5.91 Å². The van der Waals surface area contributed by atoms with Crippen molar-refractivity contribution < 1.29 is 14.3 Å². The Labute approximate surface area is 159 Å². The van der Waals surface area contributed by atoms with Crippen LogP contribution in [0.2, 0.25) is 5.02 Å². The summed E-state index contributed by atoms with van der Waals surface area (Å²) in [4.78, 5) is 25.5. The fourth-order valence-corrected chi connectivity index (χ4v) is 3.11. The van der Waals surface area contributed by atoms with E-state index in [1.807, 2.05) is 32.0 Å². The Bertz CT molecular complexity index is 683. The van der Waals surface area contributed by atoms with Gasteiger partial charge in [0.25, 0.3) is 5.91 Å². The maximum Gasteiger partial charge on any atom is 0.260 e. The second kappa shape index (κ2) is 9.44. The molecule has 6 nitrogen and oxygen atoms in total. The summed E-state index contributed by atoms with van der Waals surface area (Å²) >= 11 is 6.14. The number of hydrogen-bond donors (Lipinski definition) is 1. The van der Waals surface area contributed by atoms with Gasteiger partial charge in [-0.05, 0) is 55.9 Å². The van der Waals surface area contributed by atoms with Crippen LogP contribution in [-0.4, -0.2) is 43.0 Å². The number of hydrogen-bond acceptors (Lipinski definition) is 4. The van der Waals surface area contributed by atoms with Gasteiger partial charge in [-0.1, -0.05) is 11.6 Å². The standard InChI is InChI=1S/C19H24ClN3O3/c1-13-9-16(10-14(2)19(13)20)26-12-18(25)23-7-4-15(5-8-23)11-22-17(24)3-6-21/h9-10,15H,3-5,7-8,11-12H2,1-2H3,(H,22,24). The summed E-state index contributed by atoms with van der Waals surface area (Å²) in [7, 11) is 0. The van der Waals surface area contributed by atoms with E-state index in [4.69, 9.17) is 21.6 Å². The van der Waals surface area contributed by atoms with Crippen molar-refractivity contribution >= 4 is 23.4 Å². The van der Waals surface area contributed by atoms with Gasteiger partial charge in [0, 0.05) is 24.7 Å². The number of aryl methyl sites for hydroxylation is 2. The van der Waals surface area contributed by atoms with Crippen molar-refractivity contribution in [3.8, 4) is 11.8 Å².